The van der Waals surface area contributed by atoms with Crippen molar-refractivity contribution in [3.63, 3.8) is 0 Å². The van der Waals surface area contributed by atoms with Crippen LogP contribution in [0, 0.1) is 10.1 Å². The summed E-state index contributed by atoms with van der Waals surface area (Å²) in [6.45, 7) is 1.23. The van der Waals surface area contributed by atoms with Crippen LogP contribution in [0.4, 0.5) is 5.69 Å². The maximum absolute atomic E-state index is 12.5. The molecule has 1 aromatic rings. The van der Waals surface area contributed by atoms with Crippen LogP contribution in [0.25, 0.3) is 0 Å². The molecule has 0 bridgehead atoms. The number of nitrogens with zero attached hydrogens (tertiary/aromatic N) is 3. The highest BCUT2D eigenvalue weighted by Gasteiger charge is 2.26. The molecule has 0 aromatic heterocycles. The summed E-state index contributed by atoms with van der Waals surface area (Å²) in [5.74, 6) is -0.361. The molecule has 0 N–H and O–H groups in total. The van der Waals surface area contributed by atoms with Crippen LogP contribution < -0.4 is 0 Å². The second kappa shape index (κ2) is 6.81. The number of hydrogen-bond acceptors (Lipinski definition) is 5. The number of carbonyl (C=O) groups is 1. The average molecular weight is 362 g/mol. The van der Waals surface area contributed by atoms with Gasteiger partial charge in [-0.1, -0.05) is 11.6 Å². The fourth-order valence-corrected chi connectivity index (χ4v) is 3.52. The Balaban J connectivity index is 2.16. The maximum Gasteiger partial charge on any atom is 0.270 e. The van der Waals surface area contributed by atoms with Gasteiger partial charge in [-0.25, -0.2) is 12.7 Å². The highest BCUT2D eigenvalue weighted by molar-refractivity contribution is 7.88. The fraction of sp³-hybridized carbons (Fsp3) is 0.462. The van der Waals surface area contributed by atoms with Gasteiger partial charge in [0.2, 0.25) is 10.0 Å². The first-order chi connectivity index (χ1) is 10.7. The minimum atomic E-state index is -3.29. The summed E-state index contributed by atoms with van der Waals surface area (Å²) < 4.78 is 24.5. The van der Waals surface area contributed by atoms with E-state index in [1.54, 1.807) is 0 Å². The number of halogens is 1. The van der Waals surface area contributed by atoms with Gasteiger partial charge in [0.25, 0.3) is 11.6 Å². The molecular weight excluding hydrogens is 346 g/mol. The van der Waals surface area contributed by atoms with Crippen molar-refractivity contribution in [3.05, 3.63) is 38.9 Å². The van der Waals surface area contributed by atoms with Crippen molar-refractivity contribution in [2.24, 2.45) is 0 Å². The quantitative estimate of drug-likeness (QED) is 0.597. The molecule has 0 saturated carbocycles. The van der Waals surface area contributed by atoms with E-state index in [0.717, 1.165) is 12.3 Å². The molecule has 0 radical (unpaired) electrons. The topological polar surface area (TPSA) is 101 Å². The molecule has 2 rings (SSSR count). The molecular formula is C13H16ClN3O5S. The Hall–Kier alpha value is -1.71. The third-order valence-corrected chi connectivity index (χ3v) is 5.22. The summed E-state index contributed by atoms with van der Waals surface area (Å²) in [5, 5.41) is 10.7. The van der Waals surface area contributed by atoms with Gasteiger partial charge in [-0.3, -0.25) is 14.9 Å². The molecule has 1 saturated heterocycles. The number of nitro groups is 1. The van der Waals surface area contributed by atoms with Gasteiger partial charge in [0.05, 0.1) is 21.8 Å². The number of amides is 1. The Morgan fingerprint density at radius 3 is 2.52 bits per heavy atom. The van der Waals surface area contributed by atoms with E-state index in [1.807, 2.05) is 0 Å². The van der Waals surface area contributed by atoms with E-state index in [4.69, 9.17) is 11.6 Å². The number of non-ortho nitro benzene ring substituents is 1. The zero-order chi connectivity index (χ0) is 17.2. The summed E-state index contributed by atoms with van der Waals surface area (Å²) >= 11 is 5.97. The van der Waals surface area contributed by atoms with Gasteiger partial charge in [-0.05, 0) is 12.5 Å². The number of rotatable bonds is 3. The molecule has 0 spiro atoms. The fourth-order valence-electron chi connectivity index (χ4n) is 2.39. The zero-order valence-corrected chi connectivity index (χ0v) is 14.0. The summed E-state index contributed by atoms with van der Waals surface area (Å²) in [6, 6.07) is 3.68. The summed E-state index contributed by atoms with van der Waals surface area (Å²) in [7, 11) is -3.29. The van der Waals surface area contributed by atoms with Gasteiger partial charge in [0, 0.05) is 38.3 Å². The van der Waals surface area contributed by atoms with Crippen molar-refractivity contribution >= 4 is 33.2 Å². The molecule has 1 heterocycles. The Labute approximate surface area is 138 Å². The smallest absolute Gasteiger partial charge is 0.270 e. The number of nitro benzene ring substituents is 1. The van der Waals surface area contributed by atoms with Gasteiger partial charge in [0.15, 0.2) is 0 Å². The number of hydrogen-bond donors (Lipinski definition) is 0. The van der Waals surface area contributed by atoms with E-state index in [0.29, 0.717) is 19.5 Å². The lowest BCUT2D eigenvalue weighted by atomic mass is 10.1. The lowest BCUT2D eigenvalue weighted by molar-refractivity contribution is -0.384. The number of sulfonamides is 1. The molecule has 10 heteroatoms. The average Bonchev–Trinajstić information content (AvgIpc) is 2.72. The molecule has 1 amide bonds. The van der Waals surface area contributed by atoms with Crippen molar-refractivity contribution in [3.8, 4) is 0 Å². The van der Waals surface area contributed by atoms with Gasteiger partial charge >= 0.3 is 0 Å². The van der Waals surface area contributed by atoms with E-state index in [2.05, 4.69) is 0 Å². The van der Waals surface area contributed by atoms with E-state index in [1.165, 1.54) is 21.3 Å². The highest BCUT2D eigenvalue weighted by atomic mass is 35.5. The monoisotopic (exact) mass is 361 g/mol. The number of carbonyl (C=O) groups excluding carboxylic acids is 1. The van der Waals surface area contributed by atoms with Crippen LogP contribution in [0.3, 0.4) is 0 Å². The third-order valence-electron chi connectivity index (χ3n) is 3.60. The molecule has 1 aliphatic heterocycles. The van der Waals surface area contributed by atoms with Crippen molar-refractivity contribution in [1.82, 2.24) is 9.21 Å². The predicted octanol–water partition coefficient (Wildman–Crippen LogP) is 1.36. The normalized spacial score (nSPS) is 16.9. The minimum Gasteiger partial charge on any atom is -0.337 e. The van der Waals surface area contributed by atoms with Crippen molar-refractivity contribution < 1.29 is 18.1 Å². The molecule has 8 nitrogen and oxygen atoms in total. The first kappa shape index (κ1) is 17.6. The lowest BCUT2D eigenvalue weighted by Gasteiger charge is -2.21. The molecule has 1 aliphatic rings. The molecule has 23 heavy (non-hydrogen) atoms. The van der Waals surface area contributed by atoms with Crippen LogP contribution in [-0.4, -0.2) is 60.9 Å². The van der Waals surface area contributed by atoms with Gasteiger partial charge < -0.3 is 4.90 Å². The Morgan fingerprint density at radius 1 is 1.26 bits per heavy atom. The molecule has 126 valence electrons. The molecule has 0 unspecified atom stereocenters. The largest absolute Gasteiger partial charge is 0.337 e. The third kappa shape index (κ3) is 4.18. The Kier molecular flexibility index (Phi) is 5.23. The second-order valence-electron chi connectivity index (χ2n) is 5.23. The van der Waals surface area contributed by atoms with Crippen molar-refractivity contribution in [1.29, 1.82) is 0 Å². The minimum absolute atomic E-state index is 0.00779. The molecule has 1 fully saturated rings. The van der Waals surface area contributed by atoms with E-state index in [9.17, 15) is 23.3 Å². The first-order valence-electron chi connectivity index (χ1n) is 6.88. The lowest BCUT2D eigenvalue weighted by Crippen LogP contribution is -2.37. The zero-order valence-electron chi connectivity index (χ0n) is 12.4. The highest BCUT2D eigenvalue weighted by Crippen LogP contribution is 2.24. The van der Waals surface area contributed by atoms with Gasteiger partial charge in [-0.2, -0.15) is 0 Å². The standard InChI is InChI=1S/C13H16ClN3O5S/c1-23(21,22)16-6-2-5-15(7-8-16)13(18)11-4-3-10(17(19)20)9-12(11)14/h3-4,9H,2,5-8H2,1H3. The van der Waals surface area contributed by atoms with Crippen LogP contribution in [-0.2, 0) is 10.0 Å². The second-order valence-corrected chi connectivity index (χ2v) is 7.62. The maximum atomic E-state index is 12.5. The van der Waals surface area contributed by atoms with Crippen LogP contribution in [0.1, 0.15) is 16.8 Å². The van der Waals surface area contributed by atoms with Gasteiger partial charge in [-0.15, -0.1) is 0 Å². The molecule has 1 aromatic carbocycles. The SMILES string of the molecule is CS(=O)(=O)N1CCCN(C(=O)c2ccc([N+](=O)[O-])cc2Cl)CC1. The van der Waals surface area contributed by atoms with Crippen molar-refractivity contribution in [2.75, 3.05) is 32.4 Å². The first-order valence-corrected chi connectivity index (χ1v) is 9.11. The molecule has 0 aliphatic carbocycles. The Morgan fingerprint density at radius 2 is 1.96 bits per heavy atom. The van der Waals surface area contributed by atoms with Crippen molar-refractivity contribution in [2.45, 2.75) is 6.42 Å². The Bertz CT molecular complexity index is 737. The van der Waals surface area contributed by atoms with E-state index in [-0.39, 0.29) is 35.3 Å². The summed E-state index contributed by atoms with van der Waals surface area (Å²) in [5.41, 5.74) is -0.0178. The predicted molar refractivity (Wildman–Crippen MR) is 85.0 cm³/mol. The van der Waals surface area contributed by atoms with Crippen LogP contribution in [0.5, 0.6) is 0 Å². The van der Waals surface area contributed by atoms with E-state index < -0.39 is 14.9 Å². The summed E-state index contributed by atoms with van der Waals surface area (Å²) in [6.07, 6.45) is 1.65. The summed E-state index contributed by atoms with van der Waals surface area (Å²) in [4.78, 5) is 24.1. The van der Waals surface area contributed by atoms with Crippen LogP contribution >= 0.6 is 11.6 Å². The van der Waals surface area contributed by atoms with Gasteiger partial charge in [0.1, 0.15) is 0 Å². The van der Waals surface area contributed by atoms with E-state index >= 15 is 0 Å². The molecule has 0 atom stereocenters. The number of benzene rings is 1. The van der Waals surface area contributed by atoms with Crippen LogP contribution in [0.15, 0.2) is 18.2 Å². The van der Waals surface area contributed by atoms with Crippen LogP contribution in [0.2, 0.25) is 5.02 Å².